The van der Waals surface area contributed by atoms with E-state index in [2.05, 4.69) is 5.32 Å². The molecular weight excluding hydrogens is 366 g/mol. The number of hydrogen-bond acceptors (Lipinski definition) is 4. The molecule has 0 saturated carbocycles. The molecule has 0 aliphatic rings. The molecular formula is C17H18F2N2O4S. The second kappa shape index (κ2) is 8.13. The van der Waals surface area contributed by atoms with Gasteiger partial charge in [0.15, 0.2) is 6.61 Å². The molecule has 9 heteroatoms. The van der Waals surface area contributed by atoms with Gasteiger partial charge in [0.2, 0.25) is 10.0 Å². The van der Waals surface area contributed by atoms with Gasteiger partial charge in [-0.2, -0.15) is 0 Å². The maximum Gasteiger partial charge on any atom is 0.262 e. The number of halogens is 2. The van der Waals surface area contributed by atoms with Crippen molar-refractivity contribution >= 4 is 27.3 Å². The molecule has 2 rings (SSSR count). The number of nitrogens with one attached hydrogen (secondary N) is 1. The molecule has 0 radical (unpaired) electrons. The fraction of sp³-hybridized carbons (Fsp3) is 0.235. The van der Waals surface area contributed by atoms with Gasteiger partial charge in [0.25, 0.3) is 5.91 Å². The minimum Gasteiger partial charge on any atom is -0.484 e. The van der Waals surface area contributed by atoms with Gasteiger partial charge in [-0.3, -0.25) is 9.10 Å². The second-order valence-electron chi connectivity index (χ2n) is 5.36. The minimum absolute atomic E-state index is 0.273. The largest absolute Gasteiger partial charge is 0.484 e. The molecule has 0 unspecified atom stereocenters. The lowest BCUT2D eigenvalue weighted by atomic mass is 10.3. The van der Waals surface area contributed by atoms with Crippen molar-refractivity contribution in [1.29, 1.82) is 0 Å². The number of hydrogen-bond donors (Lipinski definition) is 1. The molecule has 140 valence electrons. The van der Waals surface area contributed by atoms with E-state index in [1.165, 1.54) is 34.6 Å². The molecule has 1 N–H and O–H groups in total. The Balaban J connectivity index is 1.98. The van der Waals surface area contributed by atoms with Crippen LogP contribution in [0.25, 0.3) is 0 Å². The van der Waals surface area contributed by atoms with E-state index in [9.17, 15) is 22.0 Å². The maximum absolute atomic E-state index is 13.5. The zero-order chi connectivity index (χ0) is 19.3. The van der Waals surface area contributed by atoms with Crippen molar-refractivity contribution in [2.24, 2.45) is 0 Å². The highest BCUT2D eigenvalue weighted by molar-refractivity contribution is 7.92. The number of ether oxygens (including phenoxy) is 1. The van der Waals surface area contributed by atoms with Gasteiger partial charge in [-0.05, 0) is 43.3 Å². The van der Waals surface area contributed by atoms with Gasteiger partial charge >= 0.3 is 0 Å². The van der Waals surface area contributed by atoms with Crippen LogP contribution in [0.5, 0.6) is 5.75 Å². The number of amides is 1. The first-order valence-corrected chi connectivity index (χ1v) is 9.51. The van der Waals surface area contributed by atoms with Gasteiger partial charge < -0.3 is 10.1 Å². The molecule has 0 aliphatic heterocycles. The first-order valence-electron chi connectivity index (χ1n) is 7.66. The van der Waals surface area contributed by atoms with Crippen LogP contribution >= 0.6 is 0 Å². The lowest BCUT2D eigenvalue weighted by Gasteiger charge is -2.20. The van der Waals surface area contributed by atoms with Crippen molar-refractivity contribution in [2.75, 3.05) is 29.0 Å². The summed E-state index contributed by atoms with van der Waals surface area (Å²) < 4.78 is 56.8. The number of anilines is 2. The van der Waals surface area contributed by atoms with Gasteiger partial charge in [-0.15, -0.1) is 0 Å². The van der Waals surface area contributed by atoms with Crippen LogP contribution < -0.4 is 14.4 Å². The van der Waals surface area contributed by atoms with E-state index in [4.69, 9.17) is 4.74 Å². The molecule has 0 spiro atoms. The van der Waals surface area contributed by atoms with Crippen molar-refractivity contribution in [3.63, 3.8) is 0 Å². The molecule has 0 atom stereocenters. The average molecular weight is 384 g/mol. The third-order valence-corrected chi connectivity index (χ3v) is 4.68. The number of sulfonamides is 1. The Morgan fingerprint density at radius 1 is 1.12 bits per heavy atom. The summed E-state index contributed by atoms with van der Waals surface area (Å²) in [6, 6.07) is 9.32. The van der Waals surface area contributed by atoms with Crippen molar-refractivity contribution in [1.82, 2.24) is 0 Å². The van der Waals surface area contributed by atoms with Crippen LogP contribution in [0.1, 0.15) is 6.92 Å². The lowest BCUT2D eigenvalue weighted by Crippen LogP contribution is -2.29. The Morgan fingerprint density at radius 3 is 2.19 bits per heavy atom. The molecule has 0 saturated heterocycles. The van der Waals surface area contributed by atoms with Crippen LogP contribution in [0.4, 0.5) is 20.2 Å². The summed E-state index contributed by atoms with van der Waals surface area (Å²) in [6.45, 7) is 1.52. The van der Waals surface area contributed by atoms with Crippen molar-refractivity contribution in [3.8, 4) is 5.75 Å². The van der Waals surface area contributed by atoms with E-state index in [1.807, 2.05) is 0 Å². The number of nitrogens with zero attached hydrogens (tertiary/aromatic N) is 1. The van der Waals surface area contributed by atoms with E-state index in [0.717, 1.165) is 18.4 Å². The summed E-state index contributed by atoms with van der Waals surface area (Å²) in [5.41, 5.74) is -0.0802. The Bertz CT molecular complexity index is 866. The van der Waals surface area contributed by atoms with Crippen LogP contribution in [0.3, 0.4) is 0 Å². The number of benzene rings is 2. The van der Waals surface area contributed by atoms with E-state index in [-0.39, 0.29) is 6.54 Å². The Labute approximate surface area is 150 Å². The zero-order valence-corrected chi connectivity index (χ0v) is 15.0. The molecule has 6 nitrogen and oxygen atoms in total. The van der Waals surface area contributed by atoms with E-state index in [0.29, 0.717) is 11.4 Å². The van der Waals surface area contributed by atoms with Crippen LogP contribution in [0.2, 0.25) is 0 Å². The molecule has 2 aromatic rings. The summed E-state index contributed by atoms with van der Waals surface area (Å²) in [5.74, 6) is -2.20. The average Bonchev–Trinajstić information content (AvgIpc) is 2.57. The SMILES string of the molecule is CCN(c1ccc(OCC(=O)Nc2c(F)cccc2F)cc1)S(C)(=O)=O. The summed E-state index contributed by atoms with van der Waals surface area (Å²) in [5, 5.41) is 2.11. The monoisotopic (exact) mass is 384 g/mol. The molecule has 26 heavy (non-hydrogen) atoms. The fourth-order valence-electron chi connectivity index (χ4n) is 2.26. The molecule has 0 bridgehead atoms. The number of para-hydroxylation sites is 1. The first-order chi connectivity index (χ1) is 12.2. The van der Waals surface area contributed by atoms with E-state index >= 15 is 0 Å². The van der Waals surface area contributed by atoms with Gasteiger partial charge in [0.1, 0.15) is 23.1 Å². The molecule has 1 amide bonds. The van der Waals surface area contributed by atoms with Crippen molar-refractivity contribution in [2.45, 2.75) is 6.92 Å². The summed E-state index contributed by atoms with van der Waals surface area (Å²) in [7, 11) is -3.39. The standard InChI is InChI=1S/C17H18F2N2O4S/c1-3-21(26(2,23)24)12-7-9-13(10-8-12)25-11-16(22)20-17-14(18)5-4-6-15(17)19/h4-10H,3,11H2,1-2H3,(H,20,22). The molecule has 0 aliphatic carbocycles. The summed E-state index contributed by atoms with van der Waals surface area (Å²) in [4.78, 5) is 11.8. The zero-order valence-electron chi connectivity index (χ0n) is 14.2. The number of rotatable bonds is 7. The quantitative estimate of drug-likeness (QED) is 0.797. The normalized spacial score (nSPS) is 11.1. The van der Waals surface area contributed by atoms with Gasteiger partial charge in [0.05, 0.1) is 11.9 Å². The van der Waals surface area contributed by atoms with Crippen molar-refractivity contribution in [3.05, 3.63) is 54.1 Å². The van der Waals surface area contributed by atoms with Gasteiger partial charge in [-0.25, -0.2) is 17.2 Å². The minimum atomic E-state index is -3.39. The van der Waals surface area contributed by atoms with Crippen LogP contribution in [-0.2, 0) is 14.8 Å². The summed E-state index contributed by atoms with van der Waals surface area (Å²) >= 11 is 0. The van der Waals surface area contributed by atoms with Crippen molar-refractivity contribution < 1.29 is 26.7 Å². The Kier molecular flexibility index (Phi) is 6.14. The van der Waals surface area contributed by atoms with Crippen LogP contribution in [-0.4, -0.2) is 33.7 Å². The second-order valence-corrected chi connectivity index (χ2v) is 7.26. The topological polar surface area (TPSA) is 75.7 Å². The van der Waals surface area contributed by atoms with Crippen LogP contribution in [0.15, 0.2) is 42.5 Å². The highest BCUT2D eigenvalue weighted by Gasteiger charge is 2.15. The summed E-state index contributed by atoms with van der Waals surface area (Å²) in [6.07, 6.45) is 1.10. The molecule has 2 aromatic carbocycles. The van der Waals surface area contributed by atoms with Crippen LogP contribution in [0, 0.1) is 11.6 Å². The molecule has 0 heterocycles. The first kappa shape index (κ1) is 19.6. The van der Waals surface area contributed by atoms with E-state index in [1.54, 1.807) is 6.92 Å². The highest BCUT2D eigenvalue weighted by atomic mass is 32.2. The fourth-order valence-corrected chi connectivity index (χ4v) is 3.23. The number of carbonyl (C=O) groups is 1. The molecule has 0 aromatic heterocycles. The van der Waals surface area contributed by atoms with E-state index < -0.39 is 39.9 Å². The predicted octanol–water partition coefficient (Wildman–Crippen LogP) is 2.77. The maximum atomic E-state index is 13.5. The van der Waals surface area contributed by atoms with Gasteiger partial charge in [0, 0.05) is 6.54 Å². The Hall–Kier alpha value is -2.68. The highest BCUT2D eigenvalue weighted by Crippen LogP contribution is 2.22. The smallest absolute Gasteiger partial charge is 0.262 e. The lowest BCUT2D eigenvalue weighted by molar-refractivity contribution is -0.118. The number of carbonyl (C=O) groups excluding carboxylic acids is 1. The Morgan fingerprint density at radius 2 is 1.69 bits per heavy atom. The van der Waals surface area contributed by atoms with Gasteiger partial charge in [-0.1, -0.05) is 6.07 Å². The predicted molar refractivity (Wildman–Crippen MR) is 94.8 cm³/mol. The molecule has 0 fully saturated rings. The third kappa shape index (κ3) is 4.92. The third-order valence-electron chi connectivity index (χ3n) is 3.41.